The summed E-state index contributed by atoms with van der Waals surface area (Å²) in [5.41, 5.74) is 1.32. The molecule has 100 valence electrons. The molecule has 2 heteroatoms. The molecule has 0 aromatic heterocycles. The van der Waals surface area contributed by atoms with E-state index in [1.54, 1.807) is 0 Å². The van der Waals surface area contributed by atoms with Gasteiger partial charge in [-0.2, -0.15) is 0 Å². The lowest BCUT2D eigenvalue weighted by Crippen LogP contribution is -2.26. The van der Waals surface area contributed by atoms with Crippen molar-refractivity contribution < 1.29 is 9.90 Å². The van der Waals surface area contributed by atoms with Crippen LogP contribution in [0.15, 0.2) is 36.4 Å². The number of rotatable bonds is 2. The van der Waals surface area contributed by atoms with Gasteiger partial charge in [0.15, 0.2) is 5.78 Å². The van der Waals surface area contributed by atoms with E-state index in [0.29, 0.717) is 5.56 Å². The molecule has 0 bridgehead atoms. The lowest BCUT2D eigenvalue weighted by molar-refractivity contribution is -0.135. The van der Waals surface area contributed by atoms with Crippen LogP contribution in [0.3, 0.4) is 0 Å². The molecule has 0 spiro atoms. The molecule has 0 heterocycles. The first-order valence-electron chi connectivity index (χ1n) is 6.52. The fraction of sp³-hybridized carbons (Fsp3) is 0.353. The van der Waals surface area contributed by atoms with Crippen molar-refractivity contribution in [2.45, 2.75) is 33.8 Å². The van der Waals surface area contributed by atoms with Gasteiger partial charge in [-0.15, -0.1) is 0 Å². The van der Waals surface area contributed by atoms with Crippen LogP contribution in [0.4, 0.5) is 0 Å². The molecule has 19 heavy (non-hydrogen) atoms. The summed E-state index contributed by atoms with van der Waals surface area (Å²) in [6, 6.07) is 11.8. The predicted octanol–water partition coefficient (Wildman–Crippen LogP) is 3.80. The highest BCUT2D eigenvalue weighted by molar-refractivity contribution is 5.90. The average molecular weight is 256 g/mol. The van der Waals surface area contributed by atoms with Crippen molar-refractivity contribution in [3.05, 3.63) is 47.5 Å². The Hall–Kier alpha value is -1.67. The van der Waals surface area contributed by atoms with Crippen LogP contribution >= 0.6 is 0 Å². The van der Waals surface area contributed by atoms with E-state index < -0.39 is 11.5 Å². The number of Topliss-reactive ketones (excluding diaryl/α,β-unsaturated/α-hetero) is 1. The van der Waals surface area contributed by atoms with Gasteiger partial charge < -0.3 is 5.11 Å². The molecule has 0 aliphatic rings. The molecule has 0 aliphatic carbocycles. The summed E-state index contributed by atoms with van der Waals surface area (Å²) in [6.45, 7) is 7.51. The van der Waals surface area contributed by atoms with Crippen LogP contribution < -0.4 is 0 Å². The minimum Gasteiger partial charge on any atom is -0.381 e. The zero-order valence-corrected chi connectivity index (χ0v) is 11.9. The zero-order valence-electron chi connectivity index (χ0n) is 11.9. The zero-order chi connectivity index (χ0) is 14.2. The van der Waals surface area contributed by atoms with Crippen LogP contribution in [0.25, 0.3) is 10.8 Å². The number of ketones is 1. The molecule has 2 rings (SSSR count). The summed E-state index contributed by atoms with van der Waals surface area (Å²) in [6.07, 6.45) is -1.05. The Morgan fingerprint density at radius 2 is 1.63 bits per heavy atom. The Kier molecular flexibility index (Phi) is 3.46. The molecular formula is C17H20O2. The van der Waals surface area contributed by atoms with E-state index in [1.807, 2.05) is 58.0 Å². The summed E-state index contributed by atoms with van der Waals surface area (Å²) in [4.78, 5) is 12.1. The first-order chi connectivity index (χ1) is 8.79. The maximum Gasteiger partial charge on any atom is 0.171 e. The Labute approximate surface area is 114 Å². The Balaban J connectivity index is 2.41. The van der Waals surface area contributed by atoms with Crippen molar-refractivity contribution in [3.63, 3.8) is 0 Å². The summed E-state index contributed by atoms with van der Waals surface area (Å²) >= 11 is 0. The first kappa shape index (κ1) is 13.8. The van der Waals surface area contributed by atoms with Crippen molar-refractivity contribution in [2.24, 2.45) is 5.41 Å². The van der Waals surface area contributed by atoms with Crippen molar-refractivity contribution in [1.29, 1.82) is 0 Å². The van der Waals surface area contributed by atoms with Crippen LogP contribution in [0.1, 0.15) is 38.0 Å². The van der Waals surface area contributed by atoms with E-state index in [4.69, 9.17) is 0 Å². The number of carbonyl (C=O) groups excluding carboxylic acids is 1. The van der Waals surface area contributed by atoms with E-state index in [2.05, 4.69) is 6.07 Å². The van der Waals surface area contributed by atoms with E-state index in [1.165, 1.54) is 5.56 Å². The number of carbonyl (C=O) groups is 1. The number of hydrogen-bond donors (Lipinski definition) is 1. The maximum atomic E-state index is 12.1. The third-order valence-corrected chi connectivity index (χ3v) is 3.32. The second-order valence-corrected chi connectivity index (χ2v) is 6.13. The van der Waals surface area contributed by atoms with Crippen LogP contribution in [0.2, 0.25) is 0 Å². The van der Waals surface area contributed by atoms with E-state index in [9.17, 15) is 9.90 Å². The molecule has 2 aromatic carbocycles. The van der Waals surface area contributed by atoms with Gasteiger partial charge in [-0.05, 0) is 29.3 Å². The smallest absolute Gasteiger partial charge is 0.171 e. The van der Waals surface area contributed by atoms with Crippen molar-refractivity contribution in [2.75, 3.05) is 0 Å². The molecule has 0 saturated heterocycles. The lowest BCUT2D eigenvalue weighted by atomic mass is 9.85. The average Bonchev–Trinajstić information content (AvgIpc) is 2.35. The van der Waals surface area contributed by atoms with Gasteiger partial charge in [0.1, 0.15) is 6.10 Å². The molecule has 1 N–H and O–H groups in total. The third-order valence-electron chi connectivity index (χ3n) is 3.32. The minimum atomic E-state index is -1.05. The highest BCUT2D eigenvalue weighted by Gasteiger charge is 2.29. The molecule has 0 saturated carbocycles. The molecule has 0 fully saturated rings. The summed E-state index contributed by atoms with van der Waals surface area (Å²) < 4.78 is 0. The van der Waals surface area contributed by atoms with Crippen LogP contribution in [0, 0.1) is 12.3 Å². The van der Waals surface area contributed by atoms with E-state index in [0.717, 1.165) is 10.8 Å². The summed E-state index contributed by atoms with van der Waals surface area (Å²) in [5, 5.41) is 12.4. The molecule has 0 aliphatic heterocycles. The molecule has 0 radical (unpaired) electrons. The van der Waals surface area contributed by atoms with Gasteiger partial charge >= 0.3 is 0 Å². The number of fused-ring (bicyclic) bond motifs is 1. The first-order valence-corrected chi connectivity index (χ1v) is 6.52. The summed E-state index contributed by atoms with van der Waals surface area (Å²) in [7, 11) is 0. The molecular weight excluding hydrogens is 236 g/mol. The number of hydrogen-bond acceptors (Lipinski definition) is 2. The van der Waals surface area contributed by atoms with Gasteiger partial charge in [-0.25, -0.2) is 0 Å². The third kappa shape index (κ3) is 2.85. The molecule has 1 unspecified atom stereocenters. The van der Waals surface area contributed by atoms with Crippen molar-refractivity contribution in [3.8, 4) is 0 Å². The van der Waals surface area contributed by atoms with E-state index in [-0.39, 0.29) is 5.78 Å². The van der Waals surface area contributed by atoms with Gasteiger partial charge in [0.2, 0.25) is 0 Å². The Morgan fingerprint density at radius 1 is 1.05 bits per heavy atom. The summed E-state index contributed by atoms with van der Waals surface area (Å²) in [5.74, 6) is -0.154. The Bertz CT molecular complexity index is 621. The quantitative estimate of drug-likeness (QED) is 0.887. The fourth-order valence-electron chi connectivity index (χ4n) is 2.12. The molecule has 0 amide bonds. The number of aliphatic hydroxyl groups is 1. The van der Waals surface area contributed by atoms with Gasteiger partial charge in [-0.1, -0.05) is 56.7 Å². The largest absolute Gasteiger partial charge is 0.381 e. The molecule has 2 aromatic rings. The van der Waals surface area contributed by atoms with Crippen LogP contribution in [-0.4, -0.2) is 10.9 Å². The molecule has 1 atom stereocenters. The number of benzene rings is 2. The van der Waals surface area contributed by atoms with Crippen molar-refractivity contribution >= 4 is 16.6 Å². The number of aryl methyl sites for hydroxylation is 1. The van der Waals surface area contributed by atoms with Gasteiger partial charge in [0.25, 0.3) is 0 Å². The van der Waals surface area contributed by atoms with Crippen LogP contribution in [-0.2, 0) is 4.79 Å². The van der Waals surface area contributed by atoms with Crippen LogP contribution in [0.5, 0.6) is 0 Å². The monoisotopic (exact) mass is 256 g/mol. The predicted molar refractivity (Wildman–Crippen MR) is 78.1 cm³/mol. The Morgan fingerprint density at radius 3 is 2.26 bits per heavy atom. The SMILES string of the molecule is Cc1ccc2cc(C(O)C(=O)C(C)(C)C)ccc2c1. The van der Waals surface area contributed by atoms with E-state index >= 15 is 0 Å². The van der Waals surface area contributed by atoms with Gasteiger partial charge in [0.05, 0.1) is 0 Å². The van der Waals surface area contributed by atoms with Gasteiger partial charge in [-0.3, -0.25) is 4.79 Å². The standard InChI is InChI=1S/C17H20O2/c1-11-5-6-13-10-14(8-7-12(13)9-11)15(18)16(19)17(2,3)4/h5-10,15,18H,1-4H3. The minimum absolute atomic E-state index is 0.154. The van der Waals surface area contributed by atoms with Gasteiger partial charge in [0, 0.05) is 5.41 Å². The van der Waals surface area contributed by atoms with Crippen molar-refractivity contribution in [1.82, 2.24) is 0 Å². The highest BCUT2D eigenvalue weighted by atomic mass is 16.3. The second-order valence-electron chi connectivity index (χ2n) is 6.13. The highest BCUT2D eigenvalue weighted by Crippen LogP contribution is 2.27. The molecule has 2 nitrogen and oxygen atoms in total. The topological polar surface area (TPSA) is 37.3 Å². The maximum absolute atomic E-state index is 12.1. The number of aliphatic hydroxyl groups excluding tert-OH is 1. The normalized spacial score (nSPS) is 13.5. The lowest BCUT2D eigenvalue weighted by Gasteiger charge is -2.21. The fourth-order valence-corrected chi connectivity index (χ4v) is 2.12. The second kappa shape index (κ2) is 4.78.